The molecular weight excluding hydrogens is 265 g/mol. The number of rotatable bonds is 2. The molecule has 0 amide bonds. The van der Waals surface area contributed by atoms with Crippen LogP contribution in [0.4, 0.5) is 19.0 Å². The van der Waals surface area contributed by atoms with Gasteiger partial charge in [-0.2, -0.15) is 13.2 Å². The molecule has 1 unspecified atom stereocenters. The zero-order chi connectivity index (χ0) is 13.2. The maximum absolute atomic E-state index is 12.9. The van der Waals surface area contributed by atoms with Crippen LogP contribution in [0.3, 0.4) is 0 Å². The largest absolute Gasteiger partial charge is 0.419 e. The van der Waals surface area contributed by atoms with Gasteiger partial charge in [-0.3, -0.25) is 0 Å². The van der Waals surface area contributed by atoms with Gasteiger partial charge in [-0.25, -0.2) is 4.98 Å². The third kappa shape index (κ3) is 2.88. The summed E-state index contributed by atoms with van der Waals surface area (Å²) >= 11 is 5.79. The predicted molar refractivity (Wildman–Crippen MR) is 64.9 cm³/mol. The van der Waals surface area contributed by atoms with Crippen LogP contribution in [0, 0.1) is 5.92 Å². The number of nitrogens with zero attached hydrogens (tertiary/aromatic N) is 2. The first kappa shape index (κ1) is 13.5. The van der Waals surface area contributed by atoms with E-state index in [2.05, 4.69) is 4.98 Å². The Labute approximate surface area is 109 Å². The van der Waals surface area contributed by atoms with Crippen LogP contribution in [0.15, 0.2) is 18.3 Å². The molecule has 1 aliphatic heterocycles. The molecule has 1 aromatic heterocycles. The van der Waals surface area contributed by atoms with Crippen molar-refractivity contribution in [2.75, 3.05) is 23.9 Å². The Morgan fingerprint density at radius 3 is 2.89 bits per heavy atom. The molecule has 2 rings (SSSR count). The molecule has 1 aromatic rings. The molecule has 0 spiro atoms. The summed E-state index contributed by atoms with van der Waals surface area (Å²) < 4.78 is 38.7. The Kier molecular flexibility index (Phi) is 4.00. The third-order valence-electron chi connectivity index (χ3n) is 3.13. The summed E-state index contributed by atoms with van der Waals surface area (Å²) in [6, 6.07) is 2.39. The zero-order valence-corrected chi connectivity index (χ0v) is 10.5. The van der Waals surface area contributed by atoms with Crippen LogP contribution in [-0.4, -0.2) is 24.0 Å². The third-order valence-corrected chi connectivity index (χ3v) is 3.57. The first-order valence-electron chi connectivity index (χ1n) is 5.85. The summed E-state index contributed by atoms with van der Waals surface area (Å²) in [5.41, 5.74) is -0.666. The van der Waals surface area contributed by atoms with Crippen LogP contribution in [0.25, 0.3) is 0 Å². The Balaban J connectivity index is 2.27. The molecule has 0 saturated carbocycles. The van der Waals surface area contributed by atoms with Crippen molar-refractivity contribution in [1.29, 1.82) is 0 Å². The Morgan fingerprint density at radius 1 is 1.44 bits per heavy atom. The van der Waals surface area contributed by atoms with E-state index in [1.165, 1.54) is 12.3 Å². The fourth-order valence-corrected chi connectivity index (χ4v) is 2.51. The van der Waals surface area contributed by atoms with Gasteiger partial charge in [-0.1, -0.05) is 0 Å². The van der Waals surface area contributed by atoms with E-state index >= 15 is 0 Å². The van der Waals surface area contributed by atoms with Gasteiger partial charge in [0.05, 0.1) is 5.56 Å². The molecule has 0 aliphatic carbocycles. The molecule has 1 aliphatic rings. The van der Waals surface area contributed by atoms with Crippen molar-refractivity contribution in [1.82, 2.24) is 4.98 Å². The molecule has 1 atom stereocenters. The lowest BCUT2D eigenvalue weighted by Crippen LogP contribution is -2.37. The van der Waals surface area contributed by atoms with Crippen molar-refractivity contribution in [2.45, 2.75) is 19.0 Å². The van der Waals surface area contributed by atoms with Crippen molar-refractivity contribution in [3.05, 3.63) is 23.9 Å². The molecular formula is C12H14ClF3N2. The van der Waals surface area contributed by atoms with Crippen molar-refractivity contribution >= 4 is 17.4 Å². The Bertz CT molecular complexity index is 409. The molecule has 0 N–H and O–H groups in total. The molecule has 0 aromatic carbocycles. The van der Waals surface area contributed by atoms with Crippen LogP contribution in [0.1, 0.15) is 18.4 Å². The molecule has 2 heterocycles. The minimum absolute atomic E-state index is 0.0276. The van der Waals surface area contributed by atoms with Crippen molar-refractivity contribution in [3.63, 3.8) is 0 Å². The van der Waals surface area contributed by atoms with E-state index in [9.17, 15) is 13.2 Å². The average molecular weight is 279 g/mol. The van der Waals surface area contributed by atoms with Gasteiger partial charge in [0.25, 0.3) is 0 Å². The Morgan fingerprint density at radius 2 is 2.22 bits per heavy atom. The van der Waals surface area contributed by atoms with Gasteiger partial charge < -0.3 is 4.90 Å². The van der Waals surface area contributed by atoms with Crippen LogP contribution in [-0.2, 0) is 6.18 Å². The summed E-state index contributed by atoms with van der Waals surface area (Å²) in [4.78, 5) is 5.59. The van der Waals surface area contributed by atoms with Gasteiger partial charge in [0.1, 0.15) is 5.82 Å². The number of hydrogen-bond acceptors (Lipinski definition) is 2. The van der Waals surface area contributed by atoms with Gasteiger partial charge in [0.15, 0.2) is 0 Å². The number of halogens is 4. The lowest BCUT2D eigenvalue weighted by atomic mass is 9.99. The fourth-order valence-electron chi connectivity index (χ4n) is 2.25. The van der Waals surface area contributed by atoms with Gasteiger partial charge in [-0.15, -0.1) is 11.6 Å². The van der Waals surface area contributed by atoms with E-state index in [-0.39, 0.29) is 11.7 Å². The van der Waals surface area contributed by atoms with Crippen molar-refractivity contribution in [2.24, 2.45) is 5.92 Å². The number of pyridine rings is 1. The predicted octanol–water partition coefficient (Wildman–Crippen LogP) is 3.56. The van der Waals surface area contributed by atoms with E-state index in [0.29, 0.717) is 19.0 Å². The number of anilines is 1. The van der Waals surface area contributed by atoms with Crippen LogP contribution in [0.2, 0.25) is 0 Å². The highest BCUT2D eigenvalue weighted by Gasteiger charge is 2.36. The minimum atomic E-state index is -4.36. The van der Waals surface area contributed by atoms with Gasteiger partial charge >= 0.3 is 6.18 Å². The molecule has 0 radical (unpaired) electrons. The monoisotopic (exact) mass is 278 g/mol. The first-order chi connectivity index (χ1) is 8.52. The molecule has 100 valence electrons. The summed E-state index contributed by atoms with van der Waals surface area (Å²) in [7, 11) is 0. The van der Waals surface area contributed by atoms with E-state index < -0.39 is 11.7 Å². The fraction of sp³-hybridized carbons (Fsp3) is 0.583. The van der Waals surface area contributed by atoms with Gasteiger partial charge in [0, 0.05) is 25.2 Å². The standard InChI is InChI=1S/C12H14ClF3N2/c13-7-9-3-2-6-18(8-9)11-10(12(14,15)16)4-1-5-17-11/h1,4-5,9H,2-3,6-8H2. The number of alkyl halides is 4. The molecule has 2 nitrogen and oxygen atoms in total. The molecule has 6 heteroatoms. The van der Waals surface area contributed by atoms with Crippen LogP contribution >= 0.6 is 11.6 Å². The van der Waals surface area contributed by atoms with E-state index in [0.717, 1.165) is 18.9 Å². The second-order valence-electron chi connectivity index (χ2n) is 4.48. The lowest BCUT2D eigenvalue weighted by Gasteiger charge is -2.34. The minimum Gasteiger partial charge on any atom is -0.356 e. The maximum atomic E-state index is 12.9. The van der Waals surface area contributed by atoms with Crippen molar-refractivity contribution < 1.29 is 13.2 Å². The summed E-state index contributed by atoms with van der Waals surface area (Å²) in [6.07, 6.45) is -1.15. The smallest absolute Gasteiger partial charge is 0.356 e. The van der Waals surface area contributed by atoms with Gasteiger partial charge in [-0.05, 0) is 30.9 Å². The average Bonchev–Trinajstić information content (AvgIpc) is 2.38. The summed E-state index contributed by atoms with van der Waals surface area (Å²) in [5, 5.41) is 0. The first-order valence-corrected chi connectivity index (χ1v) is 6.39. The van der Waals surface area contributed by atoms with E-state index in [1.54, 1.807) is 4.90 Å². The van der Waals surface area contributed by atoms with E-state index in [1.807, 2.05) is 0 Å². The van der Waals surface area contributed by atoms with Crippen LogP contribution < -0.4 is 4.90 Å². The van der Waals surface area contributed by atoms with Gasteiger partial charge in [0.2, 0.25) is 0 Å². The lowest BCUT2D eigenvalue weighted by molar-refractivity contribution is -0.137. The number of aromatic nitrogens is 1. The Hall–Kier alpha value is -0.970. The summed E-state index contributed by atoms with van der Waals surface area (Å²) in [6.45, 7) is 1.15. The highest BCUT2D eigenvalue weighted by Crippen LogP contribution is 2.36. The second-order valence-corrected chi connectivity index (χ2v) is 4.79. The molecule has 18 heavy (non-hydrogen) atoms. The van der Waals surface area contributed by atoms with Crippen LogP contribution in [0.5, 0.6) is 0 Å². The maximum Gasteiger partial charge on any atom is 0.419 e. The molecule has 0 bridgehead atoms. The zero-order valence-electron chi connectivity index (χ0n) is 9.75. The highest BCUT2D eigenvalue weighted by molar-refractivity contribution is 6.18. The highest BCUT2D eigenvalue weighted by atomic mass is 35.5. The van der Waals surface area contributed by atoms with Crippen molar-refractivity contribution in [3.8, 4) is 0 Å². The summed E-state index contributed by atoms with van der Waals surface area (Å²) in [5.74, 6) is 0.744. The topological polar surface area (TPSA) is 16.1 Å². The van der Waals surface area contributed by atoms with E-state index in [4.69, 9.17) is 11.6 Å². The quantitative estimate of drug-likeness (QED) is 0.769. The molecule has 1 saturated heterocycles. The number of piperidine rings is 1. The SMILES string of the molecule is FC(F)(F)c1cccnc1N1CCCC(CCl)C1. The number of hydrogen-bond donors (Lipinski definition) is 0. The second kappa shape index (κ2) is 5.34. The normalized spacial score (nSPS) is 21.1. The molecule has 1 fully saturated rings.